The minimum absolute atomic E-state index is 0.0684. The van der Waals surface area contributed by atoms with E-state index in [1.54, 1.807) is 6.07 Å². The molecule has 0 fully saturated rings. The summed E-state index contributed by atoms with van der Waals surface area (Å²) in [6.07, 6.45) is 0. The molecule has 25 heavy (non-hydrogen) atoms. The van der Waals surface area contributed by atoms with E-state index in [9.17, 15) is 13.2 Å². The van der Waals surface area contributed by atoms with Gasteiger partial charge < -0.3 is 0 Å². The average molecular weight is 473 g/mol. The Morgan fingerprint density at radius 3 is 2.00 bits per heavy atom. The fourth-order valence-corrected chi connectivity index (χ4v) is 4.43. The van der Waals surface area contributed by atoms with Crippen LogP contribution >= 0.6 is 12.6 Å². The number of hydrogen-bond acceptors (Lipinski definition) is 2. The van der Waals surface area contributed by atoms with E-state index in [0.717, 1.165) is 24.2 Å². The quantitative estimate of drug-likeness (QED) is 0.453. The molecule has 0 radical (unpaired) electrons. The van der Waals surface area contributed by atoms with E-state index in [0.29, 0.717) is 0 Å². The van der Waals surface area contributed by atoms with E-state index < -0.39 is 38.7 Å². The Labute approximate surface area is 159 Å². The Morgan fingerprint density at radius 2 is 1.40 bits per heavy atom. The Hall–Kier alpha value is -1.67. The third kappa shape index (κ3) is 4.49. The first-order valence-electron chi connectivity index (χ1n) is 7.29. The van der Waals surface area contributed by atoms with Crippen LogP contribution in [-0.4, -0.2) is 0 Å². The van der Waals surface area contributed by atoms with Crippen LogP contribution in [0.4, 0.5) is 13.2 Å². The Bertz CT molecular complexity index is 890. The third-order valence-electron chi connectivity index (χ3n) is 3.42. The van der Waals surface area contributed by atoms with Crippen molar-refractivity contribution in [2.75, 3.05) is 0 Å². The molecule has 0 N–H and O–H groups in total. The molecule has 3 aromatic carbocycles. The van der Waals surface area contributed by atoms with Gasteiger partial charge in [-0.25, -0.2) is 0 Å². The van der Waals surface area contributed by atoms with Crippen LogP contribution in [-0.2, 0) is 0 Å². The van der Waals surface area contributed by atoms with E-state index in [-0.39, 0.29) is 17.1 Å². The van der Waals surface area contributed by atoms with Crippen molar-refractivity contribution in [3.05, 3.63) is 84.8 Å². The van der Waals surface area contributed by atoms with Gasteiger partial charge in [0.15, 0.2) is 0 Å². The van der Waals surface area contributed by atoms with Crippen LogP contribution in [0.25, 0.3) is 0 Å². The van der Waals surface area contributed by atoms with Crippen LogP contribution in [0.15, 0.2) is 59.5 Å². The molecule has 0 heterocycles. The average Bonchev–Trinajstić information content (AvgIpc) is 2.57. The topological polar surface area (TPSA) is 9.23 Å². The van der Waals surface area contributed by atoms with Crippen LogP contribution in [0.5, 0.6) is 11.5 Å². The number of thiol groups is 1. The molecule has 0 saturated heterocycles. The van der Waals surface area contributed by atoms with Gasteiger partial charge in [0, 0.05) is 0 Å². The summed E-state index contributed by atoms with van der Waals surface area (Å²) in [6.45, 7) is 1.33. The maximum atomic E-state index is 14.3. The fourth-order valence-electron chi connectivity index (χ4n) is 2.05. The normalized spacial score (nSPS) is 10.9. The van der Waals surface area contributed by atoms with Gasteiger partial charge in [0.05, 0.1) is 0 Å². The second-order valence-electron chi connectivity index (χ2n) is 5.26. The number of halogens is 4. The number of hydrogen-bond donors (Lipinski definition) is 1. The first kappa shape index (κ1) is 18.1. The van der Waals surface area contributed by atoms with Crippen LogP contribution in [0.1, 0.15) is 5.56 Å². The zero-order valence-electron chi connectivity index (χ0n) is 13.1. The van der Waals surface area contributed by atoms with Crippen molar-refractivity contribution >= 4 is 12.6 Å². The van der Waals surface area contributed by atoms with Crippen LogP contribution < -0.4 is 25.9 Å². The molecule has 0 aliphatic rings. The summed E-state index contributed by atoms with van der Waals surface area (Å²) >= 11 is 3.70. The zero-order valence-corrected chi connectivity index (χ0v) is 16.1. The third-order valence-corrected chi connectivity index (χ3v) is 6.35. The molecular weight excluding hydrogens is 460 g/mol. The SMILES string of the molecule is Cc1c(F)cc(Oc2ccc([I-]c3ccc(S)cc3)cc2F)cc1F. The molecule has 0 bridgehead atoms. The van der Waals surface area contributed by atoms with Crippen LogP contribution in [0.2, 0.25) is 0 Å². The van der Waals surface area contributed by atoms with E-state index in [1.165, 1.54) is 19.1 Å². The summed E-state index contributed by atoms with van der Waals surface area (Å²) in [7, 11) is 0. The molecule has 0 atom stereocenters. The molecule has 0 aliphatic heterocycles. The van der Waals surface area contributed by atoms with Gasteiger partial charge in [-0.15, -0.1) is 0 Å². The molecular formula is C19H13F3IOS-. The van der Waals surface area contributed by atoms with Gasteiger partial charge in [0.25, 0.3) is 0 Å². The van der Waals surface area contributed by atoms with Gasteiger partial charge in [-0.1, -0.05) is 0 Å². The number of benzene rings is 3. The maximum absolute atomic E-state index is 14.3. The Morgan fingerprint density at radius 1 is 0.800 bits per heavy atom. The predicted octanol–water partition coefficient (Wildman–Crippen LogP) is 2.62. The summed E-state index contributed by atoms with van der Waals surface area (Å²) in [5.41, 5.74) is -0.0971. The van der Waals surface area contributed by atoms with Crippen molar-refractivity contribution in [3.63, 3.8) is 0 Å². The molecule has 0 spiro atoms. The summed E-state index contributed by atoms with van der Waals surface area (Å²) in [5.74, 6) is -2.17. The zero-order chi connectivity index (χ0) is 18.0. The molecule has 0 unspecified atom stereocenters. The van der Waals surface area contributed by atoms with Gasteiger partial charge >= 0.3 is 160 Å². The molecule has 3 rings (SSSR count). The minimum atomic E-state index is -0.731. The van der Waals surface area contributed by atoms with E-state index in [1.807, 2.05) is 24.3 Å². The first-order valence-corrected chi connectivity index (χ1v) is 9.90. The molecule has 6 heteroatoms. The molecule has 0 aromatic heterocycles. The van der Waals surface area contributed by atoms with Gasteiger partial charge in [0.2, 0.25) is 0 Å². The van der Waals surface area contributed by atoms with Gasteiger partial charge in [-0.05, 0) is 0 Å². The first-order chi connectivity index (χ1) is 11.9. The van der Waals surface area contributed by atoms with E-state index in [4.69, 9.17) is 4.74 Å². The van der Waals surface area contributed by atoms with Gasteiger partial charge in [-0.2, -0.15) is 0 Å². The van der Waals surface area contributed by atoms with Crippen molar-refractivity contribution in [1.29, 1.82) is 0 Å². The Kier molecular flexibility index (Phi) is 5.58. The van der Waals surface area contributed by atoms with E-state index in [2.05, 4.69) is 12.6 Å². The Balaban J connectivity index is 1.79. The fraction of sp³-hybridized carbons (Fsp3) is 0.0526. The van der Waals surface area contributed by atoms with Crippen LogP contribution in [0.3, 0.4) is 0 Å². The summed E-state index contributed by atoms with van der Waals surface area (Å²) < 4.78 is 48.7. The molecule has 0 aliphatic carbocycles. The second kappa shape index (κ2) is 7.70. The number of rotatable bonds is 4. The molecule has 1 nitrogen and oxygen atoms in total. The number of ether oxygens (including phenoxy) is 1. The van der Waals surface area contributed by atoms with Gasteiger partial charge in [-0.3, -0.25) is 0 Å². The van der Waals surface area contributed by atoms with Gasteiger partial charge in [0.1, 0.15) is 0 Å². The summed E-state index contributed by atoms with van der Waals surface area (Å²) in [4.78, 5) is 0.875. The van der Waals surface area contributed by atoms with Crippen LogP contribution in [0, 0.1) is 31.5 Å². The van der Waals surface area contributed by atoms with Crippen molar-refractivity contribution in [2.45, 2.75) is 11.8 Å². The van der Waals surface area contributed by atoms with Crippen molar-refractivity contribution in [1.82, 2.24) is 0 Å². The monoisotopic (exact) mass is 473 g/mol. The van der Waals surface area contributed by atoms with Crippen molar-refractivity contribution in [3.8, 4) is 11.5 Å². The predicted molar refractivity (Wildman–Crippen MR) is 88.7 cm³/mol. The molecule has 0 amide bonds. The van der Waals surface area contributed by atoms with Crippen molar-refractivity contribution in [2.24, 2.45) is 0 Å². The standard InChI is InChI=1S/C19H13F3IOS/c1-11-16(20)9-14(10-17(11)21)24-19-7-4-13(8-18(19)22)23-12-2-5-15(25)6-3-12/h2-10,25H,1H3/q-1. The summed E-state index contributed by atoms with van der Waals surface area (Å²) in [6, 6.07) is 14.5. The second-order valence-corrected chi connectivity index (χ2v) is 8.81. The summed E-state index contributed by atoms with van der Waals surface area (Å²) in [5, 5.41) is 0. The van der Waals surface area contributed by atoms with Crippen molar-refractivity contribution < 1.29 is 39.1 Å². The molecule has 130 valence electrons. The molecule has 3 aromatic rings. The van der Waals surface area contributed by atoms with E-state index >= 15 is 0 Å². The molecule has 0 saturated carbocycles.